The first-order valence-corrected chi connectivity index (χ1v) is 6.84. The Bertz CT molecular complexity index is 624. The molecule has 0 saturated carbocycles. The van der Waals surface area contributed by atoms with Gasteiger partial charge in [-0.2, -0.15) is 0 Å². The molecule has 0 aliphatic carbocycles. The molecule has 112 valence electrons. The first kappa shape index (κ1) is 15.4. The zero-order chi connectivity index (χ0) is 15.2. The van der Waals surface area contributed by atoms with Crippen LogP contribution in [0.1, 0.15) is 21.9 Å². The molecule has 0 aliphatic heterocycles. The smallest absolute Gasteiger partial charge is 0.287 e. The minimum absolute atomic E-state index is 0.113. The zero-order valence-corrected chi connectivity index (χ0v) is 12.3. The Kier molecular flexibility index (Phi) is 5.25. The molecule has 0 saturated heterocycles. The van der Waals surface area contributed by atoms with Gasteiger partial charge in [0.05, 0.1) is 6.61 Å². The summed E-state index contributed by atoms with van der Waals surface area (Å²) in [4.78, 5) is 11.6. The van der Waals surface area contributed by atoms with Crippen LogP contribution in [0.15, 0.2) is 34.7 Å². The summed E-state index contributed by atoms with van der Waals surface area (Å²) in [5.74, 6) is 1.08. The highest BCUT2D eigenvalue weighted by atomic mass is 35.5. The topological polar surface area (TPSA) is 71.7 Å². The van der Waals surface area contributed by atoms with Crippen molar-refractivity contribution in [3.8, 4) is 5.75 Å². The van der Waals surface area contributed by atoms with E-state index in [0.717, 1.165) is 5.56 Å². The van der Waals surface area contributed by atoms with E-state index < -0.39 is 0 Å². The summed E-state index contributed by atoms with van der Waals surface area (Å²) in [5, 5.41) is 11.8. The molecule has 0 unspecified atom stereocenters. The van der Waals surface area contributed by atoms with Crippen LogP contribution in [0.5, 0.6) is 5.75 Å². The maximum Gasteiger partial charge on any atom is 0.287 e. The van der Waals surface area contributed by atoms with Crippen LogP contribution in [0.25, 0.3) is 0 Å². The van der Waals surface area contributed by atoms with Crippen molar-refractivity contribution >= 4 is 17.5 Å². The first-order valence-electron chi connectivity index (χ1n) is 6.47. The summed E-state index contributed by atoms with van der Waals surface area (Å²) in [5.41, 5.74) is 0.926. The van der Waals surface area contributed by atoms with E-state index in [1.165, 1.54) is 0 Å². The number of carbonyl (C=O) groups is 1. The third-order valence-corrected chi connectivity index (χ3v) is 3.02. The van der Waals surface area contributed by atoms with Gasteiger partial charge in [-0.15, -0.1) is 0 Å². The molecule has 1 amide bonds. The highest BCUT2D eigenvalue weighted by Crippen LogP contribution is 2.23. The Morgan fingerprint density at radius 1 is 1.38 bits per heavy atom. The number of amides is 1. The highest BCUT2D eigenvalue weighted by Gasteiger charge is 2.11. The zero-order valence-electron chi connectivity index (χ0n) is 11.6. The molecular formula is C15H16ClNO4. The Morgan fingerprint density at radius 3 is 2.90 bits per heavy atom. The number of furan rings is 1. The molecule has 0 bridgehead atoms. The number of hydrogen-bond donors (Lipinski definition) is 2. The van der Waals surface area contributed by atoms with E-state index in [1.807, 2.05) is 13.0 Å². The predicted molar refractivity (Wildman–Crippen MR) is 78.6 cm³/mol. The molecule has 0 aliphatic rings. The number of aliphatic hydroxyl groups is 1. The third-order valence-electron chi connectivity index (χ3n) is 2.79. The summed E-state index contributed by atoms with van der Waals surface area (Å²) < 4.78 is 11.0. The monoisotopic (exact) mass is 309 g/mol. The quantitative estimate of drug-likeness (QED) is 0.860. The number of aryl methyl sites for hydroxylation is 1. The largest absolute Gasteiger partial charge is 0.485 e. The van der Waals surface area contributed by atoms with Gasteiger partial charge in [0, 0.05) is 11.6 Å². The average molecular weight is 310 g/mol. The number of benzene rings is 1. The summed E-state index contributed by atoms with van der Waals surface area (Å²) in [6.45, 7) is 2.19. The number of hydrogen-bond acceptors (Lipinski definition) is 4. The molecular weight excluding hydrogens is 294 g/mol. The van der Waals surface area contributed by atoms with Crippen molar-refractivity contribution < 1.29 is 19.1 Å². The number of ether oxygens (including phenoxy) is 1. The van der Waals surface area contributed by atoms with Gasteiger partial charge >= 0.3 is 0 Å². The van der Waals surface area contributed by atoms with Crippen molar-refractivity contribution in [3.05, 3.63) is 52.4 Å². The predicted octanol–water partition coefficient (Wildman–Crippen LogP) is 2.54. The van der Waals surface area contributed by atoms with Crippen LogP contribution < -0.4 is 10.1 Å². The van der Waals surface area contributed by atoms with Crippen LogP contribution in [0.3, 0.4) is 0 Å². The number of halogens is 1. The molecule has 6 heteroatoms. The Morgan fingerprint density at radius 2 is 2.19 bits per heavy atom. The number of nitrogens with one attached hydrogen (secondary N) is 1. The van der Waals surface area contributed by atoms with Crippen molar-refractivity contribution in [1.29, 1.82) is 0 Å². The van der Waals surface area contributed by atoms with E-state index in [9.17, 15) is 4.79 Å². The van der Waals surface area contributed by atoms with Crippen LogP contribution in [0.2, 0.25) is 5.02 Å². The van der Waals surface area contributed by atoms with Gasteiger partial charge in [0.15, 0.2) is 5.76 Å². The Labute approximate surface area is 127 Å². The molecule has 1 aromatic carbocycles. The van der Waals surface area contributed by atoms with Crippen LogP contribution >= 0.6 is 11.6 Å². The fourth-order valence-electron chi connectivity index (χ4n) is 1.76. The van der Waals surface area contributed by atoms with Gasteiger partial charge in [-0.1, -0.05) is 11.6 Å². The summed E-state index contributed by atoms with van der Waals surface area (Å²) in [7, 11) is 0. The molecule has 5 nitrogen and oxygen atoms in total. The van der Waals surface area contributed by atoms with Gasteiger partial charge < -0.3 is 19.6 Å². The SMILES string of the molecule is Cc1cc(Cl)ccc1OCc1ccc(C(=O)NCCO)o1. The molecule has 0 spiro atoms. The molecule has 2 N–H and O–H groups in total. The van der Waals surface area contributed by atoms with E-state index >= 15 is 0 Å². The lowest BCUT2D eigenvalue weighted by molar-refractivity contribution is 0.0913. The Balaban J connectivity index is 1.95. The van der Waals surface area contributed by atoms with Crippen LogP contribution in [0.4, 0.5) is 0 Å². The Hall–Kier alpha value is -1.98. The van der Waals surface area contributed by atoms with E-state index in [0.29, 0.717) is 16.5 Å². The van der Waals surface area contributed by atoms with Gasteiger partial charge in [-0.3, -0.25) is 4.79 Å². The lowest BCUT2D eigenvalue weighted by atomic mass is 10.2. The average Bonchev–Trinajstić information content (AvgIpc) is 2.93. The molecule has 1 heterocycles. The second-order valence-electron chi connectivity index (χ2n) is 4.44. The lowest BCUT2D eigenvalue weighted by Gasteiger charge is -2.07. The van der Waals surface area contributed by atoms with E-state index in [4.69, 9.17) is 25.9 Å². The fraction of sp³-hybridized carbons (Fsp3) is 0.267. The molecule has 0 fully saturated rings. The molecule has 0 atom stereocenters. The van der Waals surface area contributed by atoms with E-state index in [1.54, 1.807) is 24.3 Å². The van der Waals surface area contributed by atoms with Gasteiger partial charge in [-0.05, 0) is 42.8 Å². The minimum atomic E-state index is -0.363. The number of aliphatic hydroxyl groups excluding tert-OH is 1. The molecule has 1 aromatic heterocycles. The van der Waals surface area contributed by atoms with E-state index in [-0.39, 0.29) is 31.4 Å². The van der Waals surface area contributed by atoms with Crippen LogP contribution in [-0.2, 0) is 6.61 Å². The second-order valence-corrected chi connectivity index (χ2v) is 4.88. The lowest BCUT2D eigenvalue weighted by Crippen LogP contribution is -2.25. The van der Waals surface area contributed by atoms with Crippen molar-refractivity contribution in [1.82, 2.24) is 5.32 Å². The van der Waals surface area contributed by atoms with E-state index in [2.05, 4.69) is 5.32 Å². The summed E-state index contributed by atoms with van der Waals surface area (Å²) in [6, 6.07) is 8.60. The molecule has 0 radical (unpaired) electrons. The standard InChI is InChI=1S/C15H16ClNO4/c1-10-8-11(16)2-4-13(10)20-9-12-3-5-14(21-12)15(19)17-6-7-18/h2-5,8,18H,6-7,9H2,1H3,(H,17,19). The number of rotatable bonds is 6. The second kappa shape index (κ2) is 7.15. The van der Waals surface area contributed by atoms with Crippen molar-refractivity contribution in [2.45, 2.75) is 13.5 Å². The summed E-state index contributed by atoms with van der Waals surface area (Å²) in [6.07, 6.45) is 0. The first-order chi connectivity index (χ1) is 10.1. The maximum atomic E-state index is 11.6. The molecule has 21 heavy (non-hydrogen) atoms. The van der Waals surface area contributed by atoms with Crippen molar-refractivity contribution in [3.63, 3.8) is 0 Å². The molecule has 2 aromatic rings. The summed E-state index contributed by atoms with van der Waals surface area (Å²) >= 11 is 5.88. The third kappa shape index (κ3) is 4.24. The van der Waals surface area contributed by atoms with Gasteiger partial charge in [0.2, 0.25) is 0 Å². The maximum absolute atomic E-state index is 11.6. The number of carbonyl (C=O) groups excluding carboxylic acids is 1. The normalized spacial score (nSPS) is 10.4. The highest BCUT2D eigenvalue weighted by molar-refractivity contribution is 6.30. The van der Waals surface area contributed by atoms with Gasteiger partial charge in [-0.25, -0.2) is 0 Å². The van der Waals surface area contributed by atoms with Crippen molar-refractivity contribution in [2.24, 2.45) is 0 Å². The van der Waals surface area contributed by atoms with Gasteiger partial charge in [0.1, 0.15) is 18.1 Å². The van der Waals surface area contributed by atoms with Crippen LogP contribution in [-0.4, -0.2) is 24.2 Å². The fourth-order valence-corrected chi connectivity index (χ4v) is 1.98. The van der Waals surface area contributed by atoms with Crippen molar-refractivity contribution in [2.75, 3.05) is 13.2 Å². The van der Waals surface area contributed by atoms with Crippen LogP contribution in [0, 0.1) is 6.92 Å². The minimum Gasteiger partial charge on any atom is -0.485 e. The molecule has 2 rings (SSSR count). The van der Waals surface area contributed by atoms with Gasteiger partial charge in [0.25, 0.3) is 5.91 Å².